The molecule has 8 heteroatoms. The normalized spacial score (nSPS) is 18.1. The molecule has 0 aliphatic carbocycles. The van der Waals surface area contributed by atoms with Crippen molar-refractivity contribution in [3.63, 3.8) is 0 Å². The molecule has 4 N–H and O–H groups in total. The molecule has 1 aromatic rings. The number of amides is 1. The summed E-state index contributed by atoms with van der Waals surface area (Å²) in [6, 6.07) is 0. The van der Waals surface area contributed by atoms with Gasteiger partial charge in [-0.2, -0.15) is 0 Å². The molecule has 0 saturated carbocycles. The fourth-order valence-corrected chi connectivity index (χ4v) is 2.76. The van der Waals surface area contributed by atoms with E-state index in [1.54, 1.807) is 17.1 Å². The molecular weight excluding hydrogens is 308 g/mol. The Kier molecular flexibility index (Phi) is 5.86. The third kappa shape index (κ3) is 4.08. The summed E-state index contributed by atoms with van der Waals surface area (Å²) in [7, 11) is 0. The number of allylic oxidation sites excluding steroid dienone is 1. The molecule has 1 aromatic heterocycles. The first-order chi connectivity index (χ1) is 11.4. The fourth-order valence-electron chi connectivity index (χ4n) is 2.76. The van der Waals surface area contributed by atoms with Gasteiger partial charge < -0.3 is 20.9 Å². The number of carbonyl (C=O) groups is 2. The average Bonchev–Trinajstić information content (AvgIpc) is 2.92. The molecule has 1 unspecified atom stereocenters. The van der Waals surface area contributed by atoms with E-state index in [2.05, 4.69) is 16.9 Å². The van der Waals surface area contributed by atoms with Crippen LogP contribution in [0.5, 0.6) is 0 Å². The van der Waals surface area contributed by atoms with Crippen LogP contribution < -0.4 is 11.5 Å². The largest absolute Gasteiger partial charge is 0.382 e. The number of aromatic nitrogens is 2. The van der Waals surface area contributed by atoms with Gasteiger partial charge in [0.15, 0.2) is 5.84 Å². The number of ketones is 1. The van der Waals surface area contributed by atoms with E-state index >= 15 is 0 Å². The number of carbonyl (C=O) groups excluding carboxylic acids is 2. The zero-order chi connectivity index (χ0) is 17.7. The van der Waals surface area contributed by atoms with Gasteiger partial charge in [0.2, 0.25) is 5.91 Å². The number of hydrogen-bond acceptors (Lipinski definition) is 6. The van der Waals surface area contributed by atoms with Crippen LogP contribution in [0.15, 0.2) is 23.6 Å². The quantitative estimate of drug-likeness (QED) is 0.759. The van der Waals surface area contributed by atoms with Crippen molar-refractivity contribution in [2.24, 2.45) is 16.5 Å². The van der Waals surface area contributed by atoms with Gasteiger partial charge in [-0.25, -0.2) is 9.98 Å². The number of hydrogen-bond donors (Lipinski definition) is 2. The first kappa shape index (κ1) is 17.9. The number of imidazole rings is 1. The lowest BCUT2D eigenvalue weighted by atomic mass is 10.0. The van der Waals surface area contributed by atoms with Gasteiger partial charge in [0.05, 0.1) is 18.6 Å². The lowest BCUT2D eigenvalue weighted by molar-refractivity contribution is -0.135. The van der Waals surface area contributed by atoms with Crippen LogP contribution >= 0.6 is 0 Å². The maximum atomic E-state index is 12.6. The zero-order valence-electron chi connectivity index (χ0n) is 14.1. The molecule has 0 radical (unpaired) electrons. The Morgan fingerprint density at radius 2 is 2.21 bits per heavy atom. The molecule has 0 saturated heterocycles. The predicted molar refractivity (Wildman–Crippen MR) is 91.4 cm³/mol. The third-order valence-corrected chi connectivity index (χ3v) is 3.87. The van der Waals surface area contributed by atoms with Gasteiger partial charge in [-0.3, -0.25) is 9.59 Å². The summed E-state index contributed by atoms with van der Waals surface area (Å²) in [5, 5.41) is 0. The van der Waals surface area contributed by atoms with E-state index in [1.807, 2.05) is 6.08 Å². The van der Waals surface area contributed by atoms with Crippen molar-refractivity contribution in [2.45, 2.75) is 32.7 Å². The molecule has 0 aromatic carbocycles. The Labute approximate surface area is 141 Å². The van der Waals surface area contributed by atoms with Gasteiger partial charge >= 0.3 is 0 Å². The summed E-state index contributed by atoms with van der Waals surface area (Å²) in [6.45, 7) is 4.32. The molecule has 0 fully saturated rings. The van der Waals surface area contributed by atoms with Crippen molar-refractivity contribution in [1.29, 1.82) is 0 Å². The highest BCUT2D eigenvalue weighted by Gasteiger charge is 2.23. The number of nitrogens with two attached hydrogens (primary N) is 2. The topological polar surface area (TPSA) is 120 Å². The lowest BCUT2D eigenvalue weighted by Gasteiger charge is -2.22. The van der Waals surface area contributed by atoms with Gasteiger partial charge in [-0.05, 0) is 13.3 Å². The number of aliphatic imine (C=N–C) groups is 1. The Morgan fingerprint density at radius 1 is 1.46 bits per heavy atom. The fraction of sp³-hybridized carbons (Fsp3) is 0.500. The van der Waals surface area contributed by atoms with Crippen LogP contribution in [-0.2, 0) is 16.1 Å². The number of nitrogens with zero attached hydrogens (tertiary/aromatic N) is 4. The Hall–Kier alpha value is -2.48. The van der Waals surface area contributed by atoms with Gasteiger partial charge in [0.25, 0.3) is 0 Å². The SMILES string of the molecule is CC(=O)CN(CCN)C(=O)Cn1cnc2c1C(C)C/C=C/N=C2N. The monoisotopic (exact) mass is 332 g/mol. The minimum Gasteiger partial charge on any atom is -0.382 e. The van der Waals surface area contributed by atoms with Crippen LogP contribution in [0, 0.1) is 0 Å². The van der Waals surface area contributed by atoms with Gasteiger partial charge in [0.1, 0.15) is 18.0 Å². The molecule has 1 amide bonds. The molecule has 24 heavy (non-hydrogen) atoms. The van der Waals surface area contributed by atoms with Crippen molar-refractivity contribution in [1.82, 2.24) is 14.5 Å². The highest BCUT2D eigenvalue weighted by atomic mass is 16.2. The highest BCUT2D eigenvalue weighted by Crippen LogP contribution is 2.24. The maximum Gasteiger partial charge on any atom is 0.242 e. The van der Waals surface area contributed by atoms with E-state index in [0.29, 0.717) is 24.6 Å². The molecular formula is C16H24N6O2. The summed E-state index contributed by atoms with van der Waals surface area (Å²) < 4.78 is 1.79. The first-order valence-corrected chi connectivity index (χ1v) is 7.95. The highest BCUT2D eigenvalue weighted by molar-refractivity contribution is 5.97. The second-order valence-corrected chi connectivity index (χ2v) is 5.95. The molecule has 1 atom stereocenters. The van der Waals surface area contributed by atoms with E-state index < -0.39 is 0 Å². The van der Waals surface area contributed by atoms with Crippen molar-refractivity contribution in [3.05, 3.63) is 30.0 Å². The number of fused-ring (bicyclic) bond motifs is 1. The van der Waals surface area contributed by atoms with Crippen LogP contribution in [0.25, 0.3) is 0 Å². The average molecular weight is 332 g/mol. The van der Waals surface area contributed by atoms with E-state index in [4.69, 9.17) is 11.5 Å². The second kappa shape index (κ2) is 7.87. The minimum absolute atomic E-state index is 0.0643. The molecule has 8 nitrogen and oxygen atoms in total. The van der Waals surface area contributed by atoms with Crippen molar-refractivity contribution < 1.29 is 9.59 Å². The third-order valence-electron chi connectivity index (χ3n) is 3.87. The molecule has 1 aliphatic heterocycles. The lowest BCUT2D eigenvalue weighted by Crippen LogP contribution is -2.40. The number of rotatable bonds is 6. The molecule has 130 valence electrons. The molecule has 2 heterocycles. The summed E-state index contributed by atoms with van der Waals surface area (Å²) >= 11 is 0. The van der Waals surface area contributed by atoms with Crippen LogP contribution in [0.3, 0.4) is 0 Å². The smallest absolute Gasteiger partial charge is 0.242 e. The maximum absolute atomic E-state index is 12.6. The van der Waals surface area contributed by atoms with E-state index in [0.717, 1.165) is 12.1 Å². The second-order valence-electron chi connectivity index (χ2n) is 5.95. The molecule has 0 spiro atoms. The summed E-state index contributed by atoms with van der Waals surface area (Å²) in [5.41, 5.74) is 13.0. The number of Topliss-reactive ketones (excluding diaryl/α,β-unsaturated/α-hetero) is 1. The predicted octanol–water partition coefficient (Wildman–Crippen LogP) is -0.0144. The summed E-state index contributed by atoms with van der Waals surface area (Å²) in [6.07, 6.45) is 6.00. The first-order valence-electron chi connectivity index (χ1n) is 7.95. The molecule has 2 rings (SSSR count). The van der Waals surface area contributed by atoms with E-state index in [9.17, 15) is 9.59 Å². The van der Waals surface area contributed by atoms with Crippen LogP contribution in [0.2, 0.25) is 0 Å². The summed E-state index contributed by atoms with van der Waals surface area (Å²) in [5.74, 6) is 0.238. The van der Waals surface area contributed by atoms with Gasteiger partial charge in [-0.1, -0.05) is 13.0 Å². The van der Waals surface area contributed by atoms with E-state index in [1.165, 1.54) is 11.8 Å². The van der Waals surface area contributed by atoms with Crippen molar-refractivity contribution >= 4 is 17.5 Å². The molecule has 0 bridgehead atoms. The molecule has 1 aliphatic rings. The number of amidine groups is 1. The zero-order valence-corrected chi connectivity index (χ0v) is 14.1. The minimum atomic E-state index is -0.170. The van der Waals surface area contributed by atoms with Gasteiger partial charge in [0, 0.05) is 25.2 Å². The standard InChI is InChI=1S/C16H24N6O2/c1-11-4-3-6-19-16(18)14-15(11)22(10-20-14)9-13(24)21(7-5-17)8-12(2)23/h3,6,10-11H,4-5,7-9,17H2,1-2H3,(H2,18,19)/b6-3+. The van der Waals surface area contributed by atoms with E-state index in [-0.39, 0.29) is 30.7 Å². The van der Waals surface area contributed by atoms with Crippen LogP contribution in [-0.4, -0.2) is 51.6 Å². The van der Waals surface area contributed by atoms with Crippen molar-refractivity contribution in [3.8, 4) is 0 Å². The van der Waals surface area contributed by atoms with Crippen molar-refractivity contribution in [2.75, 3.05) is 19.6 Å². The van der Waals surface area contributed by atoms with Crippen LogP contribution in [0.1, 0.15) is 37.6 Å². The Bertz CT molecular complexity index is 676. The Morgan fingerprint density at radius 3 is 2.88 bits per heavy atom. The van der Waals surface area contributed by atoms with Gasteiger partial charge in [-0.15, -0.1) is 0 Å². The summed E-state index contributed by atoms with van der Waals surface area (Å²) in [4.78, 5) is 33.8. The van der Waals surface area contributed by atoms with Crippen LogP contribution in [0.4, 0.5) is 0 Å². The Balaban J connectivity index is 2.26.